The van der Waals surface area contributed by atoms with Crippen LogP contribution in [0, 0.1) is 0 Å². The molecular weight excluding hydrogens is 420 g/mol. The van der Waals surface area contributed by atoms with Crippen molar-refractivity contribution in [1.82, 2.24) is 14.5 Å². The first kappa shape index (κ1) is 21.5. The Balaban J connectivity index is 1.58. The smallest absolute Gasteiger partial charge is 0.262 e. The molecule has 1 N–H and O–H groups in total. The molecular formula is C25H27N4O4+. The zero-order valence-electron chi connectivity index (χ0n) is 18.6. The van der Waals surface area contributed by atoms with Gasteiger partial charge in [-0.25, -0.2) is 4.98 Å². The van der Waals surface area contributed by atoms with E-state index in [1.165, 1.54) is 9.80 Å². The van der Waals surface area contributed by atoms with E-state index >= 15 is 0 Å². The Kier molecular flexibility index (Phi) is 5.78. The van der Waals surface area contributed by atoms with E-state index in [4.69, 9.17) is 9.72 Å². The van der Waals surface area contributed by atoms with E-state index in [9.17, 15) is 14.4 Å². The molecule has 1 saturated heterocycles. The van der Waals surface area contributed by atoms with Gasteiger partial charge in [-0.05, 0) is 30.7 Å². The predicted molar refractivity (Wildman–Crippen MR) is 122 cm³/mol. The number of nitrogens with one attached hydrogen (secondary N) is 1. The summed E-state index contributed by atoms with van der Waals surface area (Å²) in [4.78, 5) is 47.4. The van der Waals surface area contributed by atoms with Gasteiger partial charge in [0.1, 0.15) is 18.9 Å². The number of imide groups is 1. The highest BCUT2D eigenvalue weighted by Gasteiger charge is 2.41. The van der Waals surface area contributed by atoms with Crippen LogP contribution < -0.4 is 10.5 Å². The van der Waals surface area contributed by atoms with Gasteiger partial charge in [0.25, 0.3) is 17.4 Å². The third kappa shape index (κ3) is 3.75. The summed E-state index contributed by atoms with van der Waals surface area (Å²) in [6, 6.07) is 13.5. The average Bonchev–Trinajstić information content (AvgIpc) is 3.10. The van der Waals surface area contributed by atoms with E-state index in [0.717, 1.165) is 19.6 Å². The fourth-order valence-electron chi connectivity index (χ4n) is 4.81. The van der Waals surface area contributed by atoms with Crippen LogP contribution in [0.5, 0.6) is 0 Å². The molecule has 33 heavy (non-hydrogen) atoms. The number of hydrogen-bond donors (Lipinski definition) is 1. The molecule has 170 valence electrons. The molecule has 8 heteroatoms. The molecule has 1 atom stereocenters. The number of benzene rings is 2. The molecule has 0 bridgehead atoms. The van der Waals surface area contributed by atoms with Crippen molar-refractivity contribution in [2.45, 2.75) is 25.9 Å². The Morgan fingerprint density at radius 1 is 0.970 bits per heavy atom. The van der Waals surface area contributed by atoms with Crippen LogP contribution >= 0.6 is 0 Å². The third-order valence-corrected chi connectivity index (χ3v) is 6.60. The van der Waals surface area contributed by atoms with Crippen molar-refractivity contribution < 1.29 is 19.2 Å². The fourth-order valence-corrected chi connectivity index (χ4v) is 4.81. The Bertz CT molecular complexity index is 1240. The van der Waals surface area contributed by atoms with Crippen LogP contribution in [0.15, 0.2) is 53.3 Å². The minimum atomic E-state index is -0.630. The number of morpholine rings is 1. The highest BCUT2D eigenvalue weighted by atomic mass is 16.5. The van der Waals surface area contributed by atoms with Crippen LogP contribution in [-0.4, -0.2) is 59.1 Å². The number of rotatable bonds is 6. The first-order valence-electron chi connectivity index (χ1n) is 11.5. The average molecular weight is 448 g/mol. The summed E-state index contributed by atoms with van der Waals surface area (Å²) in [6.45, 7) is 6.31. The minimum absolute atomic E-state index is 0.140. The Labute approximate surface area is 191 Å². The van der Waals surface area contributed by atoms with Gasteiger partial charge in [0.05, 0.1) is 54.4 Å². The van der Waals surface area contributed by atoms with Crippen molar-refractivity contribution in [1.29, 1.82) is 0 Å². The van der Waals surface area contributed by atoms with Gasteiger partial charge < -0.3 is 9.64 Å². The fraction of sp³-hybridized carbons (Fsp3) is 0.360. The lowest BCUT2D eigenvalue weighted by atomic mass is 10.1. The maximum absolute atomic E-state index is 13.5. The van der Waals surface area contributed by atoms with Crippen molar-refractivity contribution in [2.24, 2.45) is 0 Å². The van der Waals surface area contributed by atoms with Crippen LogP contribution in [0.4, 0.5) is 0 Å². The van der Waals surface area contributed by atoms with E-state index in [1.807, 2.05) is 19.1 Å². The van der Waals surface area contributed by atoms with Crippen molar-refractivity contribution in [2.75, 3.05) is 32.8 Å². The summed E-state index contributed by atoms with van der Waals surface area (Å²) in [6.07, 6.45) is 0.459. The highest BCUT2D eigenvalue weighted by molar-refractivity contribution is 6.21. The maximum Gasteiger partial charge on any atom is 0.262 e. The van der Waals surface area contributed by atoms with Gasteiger partial charge in [-0.1, -0.05) is 31.2 Å². The molecule has 3 aromatic rings. The lowest BCUT2D eigenvalue weighted by molar-refractivity contribution is -0.908. The molecule has 2 aliphatic heterocycles. The zero-order valence-corrected chi connectivity index (χ0v) is 18.6. The lowest BCUT2D eigenvalue weighted by Crippen LogP contribution is -3.14. The number of hydrogen-bond acceptors (Lipinski definition) is 5. The molecule has 3 heterocycles. The Hall–Kier alpha value is -3.36. The molecule has 0 aliphatic carbocycles. The number of ether oxygens (including phenoxy) is 1. The summed E-state index contributed by atoms with van der Waals surface area (Å²) < 4.78 is 7.12. The lowest BCUT2D eigenvalue weighted by Gasteiger charge is -2.28. The number of carbonyl (C=O) groups excluding carboxylic acids is 2. The van der Waals surface area contributed by atoms with Crippen molar-refractivity contribution >= 4 is 22.7 Å². The number of amides is 2. The number of quaternary nitrogens is 1. The van der Waals surface area contributed by atoms with Gasteiger partial charge in [0.2, 0.25) is 0 Å². The SMILES string of the molecule is CC[C@@H](c1nc2ccccc2c(=O)n1CC[NH+]1CCOCC1)N1C(=O)c2ccccc2C1=O. The molecule has 8 nitrogen and oxygen atoms in total. The second-order valence-electron chi connectivity index (χ2n) is 8.51. The van der Waals surface area contributed by atoms with Crippen molar-refractivity contribution in [3.63, 3.8) is 0 Å². The normalized spacial score (nSPS) is 17.5. The molecule has 2 aliphatic rings. The molecule has 1 aromatic heterocycles. The van der Waals surface area contributed by atoms with Crippen molar-refractivity contribution in [3.8, 4) is 0 Å². The van der Waals surface area contributed by atoms with Gasteiger partial charge in [0, 0.05) is 0 Å². The molecule has 2 aromatic carbocycles. The summed E-state index contributed by atoms with van der Waals surface area (Å²) in [5.74, 6) is -0.214. The van der Waals surface area contributed by atoms with Gasteiger partial charge in [-0.15, -0.1) is 0 Å². The number of fused-ring (bicyclic) bond motifs is 2. The van der Waals surface area contributed by atoms with Gasteiger partial charge in [0.15, 0.2) is 0 Å². The topological polar surface area (TPSA) is 85.9 Å². The monoisotopic (exact) mass is 447 g/mol. The molecule has 1 fully saturated rings. The first-order chi connectivity index (χ1) is 16.1. The molecule has 2 amide bonds. The van der Waals surface area contributed by atoms with Gasteiger partial charge in [-0.3, -0.25) is 23.9 Å². The van der Waals surface area contributed by atoms with Crippen LogP contribution in [-0.2, 0) is 11.3 Å². The number of para-hydroxylation sites is 1. The molecule has 5 rings (SSSR count). The first-order valence-corrected chi connectivity index (χ1v) is 11.5. The van der Waals surface area contributed by atoms with E-state index in [2.05, 4.69) is 0 Å². The molecule has 0 unspecified atom stereocenters. The molecule has 0 spiro atoms. The zero-order chi connectivity index (χ0) is 22.9. The molecule has 0 radical (unpaired) electrons. The summed E-state index contributed by atoms with van der Waals surface area (Å²) in [5, 5.41) is 0.537. The standard InChI is InChI=1S/C25H26N4O4/c1-2-21(29-24(31)17-7-3-4-8-18(17)25(29)32)22-26-20-10-6-5-9-19(20)23(30)28(22)12-11-27-13-15-33-16-14-27/h3-10,21H,2,11-16H2,1H3/p+1/t21-/m0/s1. The van der Waals surface area contributed by atoms with E-state index in [-0.39, 0.29) is 17.4 Å². The second-order valence-corrected chi connectivity index (χ2v) is 8.51. The van der Waals surface area contributed by atoms with Crippen LogP contribution in [0.2, 0.25) is 0 Å². The minimum Gasteiger partial charge on any atom is -0.370 e. The van der Waals surface area contributed by atoms with E-state index in [1.54, 1.807) is 41.0 Å². The van der Waals surface area contributed by atoms with Crippen molar-refractivity contribution in [3.05, 3.63) is 75.8 Å². The molecule has 0 saturated carbocycles. The predicted octanol–water partition coefficient (Wildman–Crippen LogP) is 1.06. The van der Waals surface area contributed by atoms with Gasteiger partial charge >= 0.3 is 0 Å². The van der Waals surface area contributed by atoms with Crippen LogP contribution in [0.25, 0.3) is 10.9 Å². The summed E-state index contributed by atoms with van der Waals surface area (Å²) in [7, 11) is 0. The quantitative estimate of drug-likeness (QED) is 0.571. The van der Waals surface area contributed by atoms with E-state index < -0.39 is 6.04 Å². The Morgan fingerprint density at radius 3 is 2.27 bits per heavy atom. The highest BCUT2D eigenvalue weighted by Crippen LogP contribution is 2.32. The summed E-state index contributed by atoms with van der Waals surface area (Å²) in [5.41, 5.74) is 1.22. The summed E-state index contributed by atoms with van der Waals surface area (Å²) >= 11 is 0. The Morgan fingerprint density at radius 2 is 1.61 bits per heavy atom. The number of carbonyl (C=O) groups is 2. The largest absolute Gasteiger partial charge is 0.370 e. The van der Waals surface area contributed by atoms with E-state index in [0.29, 0.717) is 54.0 Å². The maximum atomic E-state index is 13.5. The number of aromatic nitrogens is 2. The van der Waals surface area contributed by atoms with Gasteiger partial charge in [-0.2, -0.15) is 0 Å². The third-order valence-electron chi connectivity index (χ3n) is 6.60. The van der Waals surface area contributed by atoms with Crippen LogP contribution in [0.1, 0.15) is 45.9 Å². The number of nitrogens with zero attached hydrogens (tertiary/aromatic N) is 3. The van der Waals surface area contributed by atoms with Crippen LogP contribution in [0.3, 0.4) is 0 Å². The second kappa shape index (κ2) is 8.88.